The smallest absolute Gasteiger partial charge is 0.217 e. The summed E-state index contributed by atoms with van der Waals surface area (Å²) < 4.78 is 5.95. The van der Waals surface area contributed by atoms with E-state index in [1.807, 2.05) is 37.1 Å². The zero-order valence-corrected chi connectivity index (χ0v) is 16.8. The first-order valence-electron chi connectivity index (χ1n) is 9.32. The number of aromatic nitrogens is 1. The maximum absolute atomic E-state index is 11.9. The average Bonchev–Trinajstić information content (AvgIpc) is 2.79. The SMILES string of the molecule is BN(Cc1cnc(C)c(OCc2ccc(C#N)cc2)c1C=O)c1ccc(C#N)cc1. The van der Waals surface area contributed by atoms with Crippen molar-refractivity contribution >= 4 is 20.0 Å². The highest BCUT2D eigenvalue weighted by Crippen LogP contribution is 2.27. The number of benzene rings is 2. The van der Waals surface area contributed by atoms with Gasteiger partial charge in [-0.15, -0.1) is 0 Å². The molecule has 0 unspecified atom stereocenters. The molecule has 0 aliphatic carbocycles. The van der Waals surface area contributed by atoms with Crippen molar-refractivity contribution in [2.24, 2.45) is 0 Å². The van der Waals surface area contributed by atoms with E-state index in [1.54, 1.807) is 37.4 Å². The molecule has 0 saturated heterocycles. The predicted molar refractivity (Wildman–Crippen MR) is 116 cm³/mol. The summed E-state index contributed by atoms with van der Waals surface area (Å²) >= 11 is 0. The topological polar surface area (TPSA) is 90.0 Å². The van der Waals surface area contributed by atoms with Crippen LogP contribution in [0.3, 0.4) is 0 Å². The Kier molecular flexibility index (Phi) is 6.47. The van der Waals surface area contributed by atoms with Gasteiger partial charge in [-0.2, -0.15) is 10.5 Å². The van der Waals surface area contributed by atoms with Crippen LogP contribution in [0.2, 0.25) is 0 Å². The van der Waals surface area contributed by atoms with Crippen LogP contribution in [-0.4, -0.2) is 19.3 Å². The van der Waals surface area contributed by atoms with Gasteiger partial charge in [-0.3, -0.25) is 9.78 Å². The van der Waals surface area contributed by atoms with Gasteiger partial charge in [-0.25, -0.2) is 0 Å². The third kappa shape index (κ3) is 4.66. The molecule has 2 aromatic carbocycles. The highest BCUT2D eigenvalue weighted by Gasteiger charge is 2.15. The van der Waals surface area contributed by atoms with E-state index in [-0.39, 0.29) is 6.61 Å². The molecular formula is C23H19BN4O2. The minimum Gasteiger partial charge on any atom is -0.486 e. The second-order valence-corrected chi connectivity index (χ2v) is 6.84. The molecule has 0 bridgehead atoms. The number of anilines is 1. The molecule has 0 spiro atoms. The zero-order valence-electron chi connectivity index (χ0n) is 16.8. The van der Waals surface area contributed by atoms with Crippen LogP contribution >= 0.6 is 0 Å². The second-order valence-electron chi connectivity index (χ2n) is 6.84. The number of ether oxygens (including phenoxy) is 1. The predicted octanol–water partition coefficient (Wildman–Crippen LogP) is 3.08. The van der Waals surface area contributed by atoms with E-state index >= 15 is 0 Å². The summed E-state index contributed by atoms with van der Waals surface area (Å²) in [6.07, 6.45) is 2.48. The van der Waals surface area contributed by atoms with Crippen LogP contribution < -0.4 is 9.55 Å². The lowest BCUT2D eigenvalue weighted by atomic mass is 10.1. The van der Waals surface area contributed by atoms with Crippen LogP contribution in [0, 0.1) is 29.6 Å². The number of rotatable bonds is 7. The summed E-state index contributed by atoms with van der Waals surface area (Å²) in [4.78, 5) is 18.3. The van der Waals surface area contributed by atoms with Crippen molar-refractivity contribution in [3.8, 4) is 17.9 Å². The Morgan fingerprint density at radius 2 is 1.67 bits per heavy atom. The van der Waals surface area contributed by atoms with Crippen LogP contribution in [-0.2, 0) is 13.2 Å². The van der Waals surface area contributed by atoms with E-state index in [0.29, 0.717) is 34.7 Å². The normalized spacial score (nSPS) is 9.97. The van der Waals surface area contributed by atoms with Gasteiger partial charge >= 0.3 is 0 Å². The quantitative estimate of drug-likeness (QED) is 0.452. The standard InChI is InChI=1S/C23H19BN4O2/c1-16-23(30-15-19-4-2-17(10-25)3-5-19)22(14-29)20(12-27-16)13-28(24)21-8-6-18(11-26)7-9-21/h2-9,12,14H,13,15,24H2,1H3. The van der Waals surface area contributed by atoms with Crippen molar-refractivity contribution in [3.05, 3.63) is 88.2 Å². The van der Waals surface area contributed by atoms with Crippen molar-refractivity contribution in [1.82, 2.24) is 4.98 Å². The number of aryl methyl sites for hydroxylation is 1. The third-order valence-corrected chi connectivity index (χ3v) is 4.76. The van der Waals surface area contributed by atoms with Crippen LogP contribution in [0.15, 0.2) is 54.7 Å². The second kappa shape index (κ2) is 9.40. The Bertz CT molecular complexity index is 1130. The van der Waals surface area contributed by atoms with E-state index in [4.69, 9.17) is 15.3 Å². The van der Waals surface area contributed by atoms with E-state index in [0.717, 1.165) is 23.1 Å². The Morgan fingerprint density at radius 3 is 2.23 bits per heavy atom. The number of aldehydes is 1. The number of pyridine rings is 1. The minimum atomic E-state index is 0.268. The molecule has 0 aliphatic heterocycles. The van der Waals surface area contributed by atoms with Gasteiger partial charge in [0.05, 0.1) is 34.5 Å². The number of hydrogen-bond acceptors (Lipinski definition) is 6. The highest BCUT2D eigenvalue weighted by atomic mass is 16.5. The maximum atomic E-state index is 11.9. The molecule has 0 radical (unpaired) electrons. The van der Waals surface area contributed by atoms with Crippen LogP contribution in [0.4, 0.5) is 5.69 Å². The lowest BCUT2D eigenvalue weighted by molar-refractivity contribution is 0.111. The fraction of sp³-hybridized carbons (Fsp3) is 0.130. The first-order chi connectivity index (χ1) is 14.5. The van der Waals surface area contributed by atoms with Crippen LogP contribution in [0.5, 0.6) is 5.75 Å². The lowest BCUT2D eigenvalue weighted by Gasteiger charge is -2.22. The number of hydrogen-bond donors (Lipinski definition) is 0. The summed E-state index contributed by atoms with van der Waals surface area (Å²) in [6.45, 7) is 2.53. The van der Waals surface area contributed by atoms with Gasteiger partial charge in [0.15, 0.2) is 12.0 Å². The summed E-state index contributed by atoms with van der Waals surface area (Å²) in [5, 5.41) is 17.9. The van der Waals surface area contributed by atoms with E-state index in [2.05, 4.69) is 17.1 Å². The summed E-state index contributed by atoms with van der Waals surface area (Å²) in [5.41, 5.74) is 4.84. The Morgan fingerprint density at radius 1 is 1.07 bits per heavy atom. The molecule has 7 heteroatoms. The minimum absolute atomic E-state index is 0.268. The van der Waals surface area contributed by atoms with Crippen LogP contribution in [0.1, 0.15) is 38.3 Å². The third-order valence-electron chi connectivity index (χ3n) is 4.76. The fourth-order valence-electron chi connectivity index (χ4n) is 3.05. The van der Waals surface area contributed by atoms with E-state index < -0.39 is 0 Å². The Hall–Kier alpha value is -4.10. The molecule has 30 heavy (non-hydrogen) atoms. The lowest BCUT2D eigenvalue weighted by Crippen LogP contribution is -2.20. The molecule has 146 valence electrons. The van der Waals surface area contributed by atoms with Gasteiger partial charge in [0, 0.05) is 24.0 Å². The molecule has 3 aromatic rings. The average molecular weight is 394 g/mol. The van der Waals surface area contributed by atoms with Gasteiger partial charge in [-0.1, -0.05) is 12.1 Å². The number of carbonyl (C=O) groups excluding carboxylic acids is 1. The van der Waals surface area contributed by atoms with Crippen molar-refractivity contribution < 1.29 is 9.53 Å². The zero-order chi connectivity index (χ0) is 21.5. The number of nitrogens with zero attached hydrogens (tertiary/aromatic N) is 4. The number of nitriles is 2. The molecule has 0 amide bonds. The molecule has 0 atom stereocenters. The Balaban J connectivity index is 1.81. The summed E-state index contributed by atoms with van der Waals surface area (Å²) in [6, 6.07) is 18.5. The molecule has 1 heterocycles. The van der Waals surface area contributed by atoms with Gasteiger partial charge in [0.2, 0.25) is 7.98 Å². The summed E-state index contributed by atoms with van der Waals surface area (Å²) in [5.74, 6) is 0.458. The molecule has 0 aliphatic rings. The van der Waals surface area contributed by atoms with E-state index in [9.17, 15) is 4.79 Å². The molecule has 1 aromatic heterocycles. The molecule has 0 saturated carbocycles. The van der Waals surface area contributed by atoms with Gasteiger partial charge in [0.25, 0.3) is 0 Å². The van der Waals surface area contributed by atoms with E-state index in [1.165, 1.54) is 0 Å². The molecule has 0 N–H and O–H groups in total. The summed E-state index contributed by atoms with van der Waals surface area (Å²) in [7, 11) is 1.91. The van der Waals surface area contributed by atoms with Crippen molar-refractivity contribution in [2.45, 2.75) is 20.1 Å². The van der Waals surface area contributed by atoms with Crippen molar-refractivity contribution in [3.63, 3.8) is 0 Å². The monoisotopic (exact) mass is 394 g/mol. The first-order valence-corrected chi connectivity index (χ1v) is 9.32. The maximum Gasteiger partial charge on any atom is 0.217 e. The molecule has 3 rings (SSSR count). The fourth-order valence-corrected chi connectivity index (χ4v) is 3.05. The van der Waals surface area contributed by atoms with Crippen LogP contribution in [0.25, 0.3) is 0 Å². The Labute approximate surface area is 176 Å². The largest absolute Gasteiger partial charge is 0.486 e. The first kappa shape index (κ1) is 20.6. The molecular weight excluding hydrogens is 375 g/mol. The van der Waals surface area contributed by atoms with Crippen molar-refractivity contribution in [1.29, 1.82) is 10.5 Å². The highest BCUT2D eigenvalue weighted by molar-refractivity contribution is 6.17. The molecule has 6 nitrogen and oxygen atoms in total. The van der Waals surface area contributed by atoms with Crippen molar-refractivity contribution in [2.75, 3.05) is 4.81 Å². The van der Waals surface area contributed by atoms with Gasteiger partial charge in [-0.05, 0) is 48.9 Å². The van der Waals surface area contributed by atoms with Gasteiger partial charge in [0.1, 0.15) is 6.61 Å². The molecule has 0 fully saturated rings. The number of carbonyl (C=O) groups is 1. The van der Waals surface area contributed by atoms with Gasteiger partial charge < -0.3 is 9.55 Å².